The molecule has 3 N–H and O–H groups in total. The Labute approximate surface area is 118 Å². The van der Waals surface area contributed by atoms with Crippen LogP contribution >= 0.6 is 0 Å². The first-order valence-corrected chi connectivity index (χ1v) is 6.88. The van der Waals surface area contributed by atoms with E-state index in [-0.39, 0.29) is 0 Å². The minimum absolute atomic E-state index is 0.549. The predicted molar refractivity (Wildman–Crippen MR) is 78.9 cm³/mol. The minimum Gasteiger partial charge on any atom is -0.490 e. The molecule has 0 spiro atoms. The number of nitrogens with zero attached hydrogens (tertiary/aromatic N) is 2. The van der Waals surface area contributed by atoms with Crippen molar-refractivity contribution >= 4 is 11.5 Å². The summed E-state index contributed by atoms with van der Waals surface area (Å²) in [6.45, 7) is 1.24. The number of nitrogen functional groups attached to an aromatic ring is 1. The van der Waals surface area contributed by atoms with E-state index in [0.29, 0.717) is 18.8 Å². The standard InChI is InChI=1S/C15H18N4O/c16-12-5-1-2-7-14(12)20-9-8-17-15-11-4-3-6-13(11)18-10-19-15/h1-2,5,7,10H,3-4,6,8-9,16H2,(H,17,18,19). The Kier molecular flexibility index (Phi) is 3.67. The molecule has 2 aromatic rings. The number of nitrogens with two attached hydrogens (primary N) is 1. The van der Waals surface area contributed by atoms with Crippen LogP contribution in [0.2, 0.25) is 0 Å². The van der Waals surface area contributed by atoms with Crippen LogP contribution in [0.1, 0.15) is 17.7 Å². The van der Waals surface area contributed by atoms with Gasteiger partial charge in [0, 0.05) is 11.3 Å². The van der Waals surface area contributed by atoms with Crippen LogP contribution in [0.25, 0.3) is 0 Å². The second-order valence-electron chi connectivity index (χ2n) is 4.81. The lowest BCUT2D eigenvalue weighted by atomic mass is 10.2. The van der Waals surface area contributed by atoms with Crippen molar-refractivity contribution in [2.45, 2.75) is 19.3 Å². The molecular formula is C15H18N4O. The van der Waals surface area contributed by atoms with Crippen LogP contribution in [0.5, 0.6) is 5.75 Å². The Morgan fingerprint density at radius 1 is 1.20 bits per heavy atom. The molecule has 1 aromatic carbocycles. The van der Waals surface area contributed by atoms with Crippen molar-refractivity contribution in [2.75, 3.05) is 24.2 Å². The van der Waals surface area contributed by atoms with Crippen molar-refractivity contribution in [3.63, 3.8) is 0 Å². The fourth-order valence-electron chi connectivity index (χ4n) is 2.45. The van der Waals surface area contributed by atoms with Crippen LogP contribution in [0, 0.1) is 0 Å². The average molecular weight is 270 g/mol. The van der Waals surface area contributed by atoms with Gasteiger partial charge in [0.05, 0.1) is 12.2 Å². The highest BCUT2D eigenvalue weighted by molar-refractivity contribution is 5.52. The minimum atomic E-state index is 0.549. The maximum atomic E-state index is 5.82. The molecule has 0 bridgehead atoms. The van der Waals surface area contributed by atoms with Crippen molar-refractivity contribution in [2.24, 2.45) is 0 Å². The summed E-state index contributed by atoms with van der Waals surface area (Å²) in [5.41, 5.74) is 8.92. The summed E-state index contributed by atoms with van der Waals surface area (Å²) in [5.74, 6) is 1.67. The number of para-hydroxylation sites is 2. The molecule has 1 heterocycles. The van der Waals surface area contributed by atoms with E-state index in [1.807, 2.05) is 24.3 Å². The molecule has 0 atom stereocenters. The van der Waals surface area contributed by atoms with Gasteiger partial charge in [-0.3, -0.25) is 0 Å². The number of hydrogen-bond donors (Lipinski definition) is 2. The zero-order valence-electron chi connectivity index (χ0n) is 11.3. The van der Waals surface area contributed by atoms with E-state index in [2.05, 4.69) is 15.3 Å². The maximum Gasteiger partial charge on any atom is 0.142 e. The van der Waals surface area contributed by atoms with Gasteiger partial charge >= 0.3 is 0 Å². The van der Waals surface area contributed by atoms with Gasteiger partial charge in [-0.25, -0.2) is 9.97 Å². The molecule has 1 aliphatic rings. The van der Waals surface area contributed by atoms with Crippen LogP contribution in [-0.4, -0.2) is 23.1 Å². The Morgan fingerprint density at radius 2 is 2.10 bits per heavy atom. The topological polar surface area (TPSA) is 73.1 Å². The van der Waals surface area contributed by atoms with Crippen LogP contribution in [0.3, 0.4) is 0 Å². The molecule has 5 heteroatoms. The van der Waals surface area contributed by atoms with E-state index in [1.165, 1.54) is 17.7 Å². The first-order chi connectivity index (χ1) is 9.84. The first-order valence-electron chi connectivity index (χ1n) is 6.88. The fraction of sp³-hybridized carbons (Fsp3) is 0.333. The lowest BCUT2D eigenvalue weighted by Crippen LogP contribution is -2.14. The molecule has 0 unspecified atom stereocenters. The van der Waals surface area contributed by atoms with Gasteiger partial charge in [-0.05, 0) is 31.4 Å². The van der Waals surface area contributed by atoms with Gasteiger partial charge in [-0.1, -0.05) is 12.1 Å². The van der Waals surface area contributed by atoms with Crippen molar-refractivity contribution in [3.8, 4) is 5.75 Å². The van der Waals surface area contributed by atoms with E-state index in [0.717, 1.165) is 24.4 Å². The molecule has 0 saturated heterocycles. The van der Waals surface area contributed by atoms with Gasteiger partial charge in [0.2, 0.25) is 0 Å². The second kappa shape index (κ2) is 5.77. The van der Waals surface area contributed by atoms with Crippen LogP contribution in [0.4, 0.5) is 11.5 Å². The van der Waals surface area contributed by atoms with Crippen molar-refractivity contribution in [3.05, 3.63) is 41.9 Å². The maximum absolute atomic E-state index is 5.82. The number of rotatable bonds is 5. The Hall–Kier alpha value is -2.30. The van der Waals surface area contributed by atoms with Gasteiger partial charge in [0.15, 0.2) is 0 Å². The van der Waals surface area contributed by atoms with Crippen LogP contribution in [-0.2, 0) is 12.8 Å². The van der Waals surface area contributed by atoms with Gasteiger partial charge in [0.1, 0.15) is 24.5 Å². The Morgan fingerprint density at radius 3 is 3.00 bits per heavy atom. The molecule has 3 rings (SSSR count). The normalized spacial score (nSPS) is 13.0. The third-order valence-corrected chi connectivity index (χ3v) is 3.45. The molecule has 0 aliphatic heterocycles. The van der Waals surface area contributed by atoms with Gasteiger partial charge < -0.3 is 15.8 Å². The predicted octanol–water partition coefficient (Wildman–Crippen LogP) is 2.04. The summed E-state index contributed by atoms with van der Waals surface area (Å²) in [6, 6.07) is 7.51. The number of fused-ring (bicyclic) bond motifs is 1. The second-order valence-corrected chi connectivity index (χ2v) is 4.81. The van der Waals surface area contributed by atoms with E-state index < -0.39 is 0 Å². The number of hydrogen-bond acceptors (Lipinski definition) is 5. The highest BCUT2D eigenvalue weighted by Gasteiger charge is 2.16. The molecule has 0 saturated carbocycles. The van der Waals surface area contributed by atoms with Crippen LogP contribution in [0.15, 0.2) is 30.6 Å². The van der Waals surface area contributed by atoms with Crippen LogP contribution < -0.4 is 15.8 Å². The Balaban J connectivity index is 1.54. The highest BCUT2D eigenvalue weighted by Crippen LogP contribution is 2.25. The summed E-state index contributed by atoms with van der Waals surface area (Å²) in [6.07, 6.45) is 4.91. The Bertz CT molecular complexity index is 600. The molecule has 1 aliphatic carbocycles. The summed E-state index contributed by atoms with van der Waals surface area (Å²) >= 11 is 0. The average Bonchev–Trinajstić information content (AvgIpc) is 2.94. The summed E-state index contributed by atoms with van der Waals surface area (Å²) in [5, 5.41) is 3.32. The zero-order chi connectivity index (χ0) is 13.8. The van der Waals surface area contributed by atoms with Crippen molar-refractivity contribution in [1.82, 2.24) is 9.97 Å². The third kappa shape index (κ3) is 2.66. The number of ether oxygens (including phenoxy) is 1. The highest BCUT2D eigenvalue weighted by atomic mass is 16.5. The summed E-state index contributed by atoms with van der Waals surface area (Å²) in [4.78, 5) is 8.62. The number of anilines is 2. The molecular weight excluding hydrogens is 252 g/mol. The molecule has 0 radical (unpaired) electrons. The number of nitrogens with one attached hydrogen (secondary N) is 1. The van der Waals surface area contributed by atoms with E-state index >= 15 is 0 Å². The molecule has 20 heavy (non-hydrogen) atoms. The largest absolute Gasteiger partial charge is 0.490 e. The van der Waals surface area contributed by atoms with Gasteiger partial charge in [0.25, 0.3) is 0 Å². The molecule has 104 valence electrons. The SMILES string of the molecule is Nc1ccccc1OCCNc1ncnc2c1CCC2. The lowest BCUT2D eigenvalue weighted by Gasteiger charge is -2.11. The monoisotopic (exact) mass is 270 g/mol. The molecule has 1 aromatic heterocycles. The summed E-state index contributed by atoms with van der Waals surface area (Å²) < 4.78 is 5.65. The smallest absolute Gasteiger partial charge is 0.142 e. The lowest BCUT2D eigenvalue weighted by molar-refractivity contribution is 0.334. The number of benzene rings is 1. The van der Waals surface area contributed by atoms with E-state index in [4.69, 9.17) is 10.5 Å². The molecule has 5 nitrogen and oxygen atoms in total. The third-order valence-electron chi connectivity index (χ3n) is 3.45. The molecule has 0 amide bonds. The number of aryl methyl sites for hydroxylation is 1. The van der Waals surface area contributed by atoms with Crippen molar-refractivity contribution in [1.29, 1.82) is 0 Å². The number of aromatic nitrogens is 2. The zero-order valence-corrected chi connectivity index (χ0v) is 11.3. The summed E-state index contributed by atoms with van der Waals surface area (Å²) in [7, 11) is 0. The van der Waals surface area contributed by atoms with E-state index in [1.54, 1.807) is 6.33 Å². The van der Waals surface area contributed by atoms with Gasteiger partial charge in [-0.15, -0.1) is 0 Å². The van der Waals surface area contributed by atoms with E-state index in [9.17, 15) is 0 Å². The van der Waals surface area contributed by atoms with Gasteiger partial charge in [-0.2, -0.15) is 0 Å². The molecule has 0 fully saturated rings. The fourth-order valence-corrected chi connectivity index (χ4v) is 2.45. The first kappa shape index (κ1) is 12.7. The quantitative estimate of drug-likeness (QED) is 0.642. The van der Waals surface area contributed by atoms with Crippen molar-refractivity contribution < 1.29 is 4.74 Å².